The molecule has 1 atom stereocenters. The second kappa shape index (κ2) is 7.29. The third kappa shape index (κ3) is 4.23. The van der Waals surface area contributed by atoms with Crippen molar-refractivity contribution in [2.24, 2.45) is 10.7 Å². The summed E-state index contributed by atoms with van der Waals surface area (Å²) in [5.41, 5.74) is 7.25. The largest absolute Gasteiger partial charge is 0.370 e. The molecule has 0 heterocycles. The molecule has 0 aliphatic heterocycles. The van der Waals surface area contributed by atoms with Gasteiger partial charge in [0.25, 0.3) is 0 Å². The van der Waals surface area contributed by atoms with Gasteiger partial charge in [-0.1, -0.05) is 44.2 Å². The molecular formula is C16H26N4. The summed E-state index contributed by atoms with van der Waals surface area (Å²) in [4.78, 5) is 6.96. The molecule has 3 N–H and O–H groups in total. The first-order chi connectivity index (χ1) is 9.74. The molecule has 0 saturated heterocycles. The summed E-state index contributed by atoms with van der Waals surface area (Å²) in [6.45, 7) is 7.12. The number of nitrogens with two attached hydrogens (primary N) is 1. The van der Waals surface area contributed by atoms with Crippen molar-refractivity contribution >= 4 is 5.96 Å². The lowest BCUT2D eigenvalue weighted by Gasteiger charge is -2.29. The first-order valence-corrected chi connectivity index (χ1v) is 7.60. The molecule has 1 aliphatic carbocycles. The molecule has 0 spiro atoms. The second-order valence-corrected chi connectivity index (χ2v) is 5.29. The number of likely N-dealkylation sites (N-methyl/N-ethyl adjacent to an activating group) is 1. The summed E-state index contributed by atoms with van der Waals surface area (Å²) in [7, 11) is 0. The number of nitrogens with one attached hydrogen (secondary N) is 1. The topological polar surface area (TPSA) is 53.6 Å². The van der Waals surface area contributed by atoms with Crippen molar-refractivity contribution in [3.05, 3.63) is 35.9 Å². The van der Waals surface area contributed by atoms with Crippen LogP contribution in [0.25, 0.3) is 0 Å². The molecule has 110 valence electrons. The minimum atomic E-state index is 0.297. The maximum atomic E-state index is 5.94. The minimum absolute atomic E-state index is 0.297. The molecule has 1 aromatic rings. The van der Waals surface area contributed by atoms with Gasteiger partial charge in [-0.15, -0.1) is 0 Å². The molecule has 1 saturated carbocycles. The second-order valence-electron chi connectivity index (χ2n) is 5.29. The summed E-state index contributed by atoms with van der Waals surface area (Å²) < 4.78 is 0. The lowest BCUT2D eigenvalue weighted by atomic mass is 10.1. The van der Waals surface area contributed by atoms with Crippen LogP contribution in [0.5, 0.6) is 0 Å². The van der Waals surface area contributed by atoms with E-state index in [2.05, 4.69) is 59.4 Å². The van der Waals surface area contributed by atoms with E-state index in [1.54, 1.807) is 0 Å². The highest BCUT2D eigenvalue weighted by Gasteiger charge is 2.22. The molecule has 4 heteroatoms. The average molecular weight is 274 g/mol. The van der Waals surface area contributed by atoms with Crippen molar-refractivity contribution in [2.45, 2.75) is 38.8 Å². The highest BCUT2D eigenvalue weighted by molar-refractivity contribution is 5.78. The van der Waals surface area contributed by atoms with E-state index < -0.39 is 0 Å². The predicted molar refractivity (Wildman–Crippen MR) is 84.8 cm³/mol. The number of guanidine groups is 1. The molecule has 4 nitrogen and oxygen atoms in total. The molecule has 0 radical (unpaired) electrons. The molecule has 20 heavy (non-hydrogen) atoms. The quantitative estimate of drug-likeness (QED) is 0.591. The Hall–Kier alpha value is -1.55. The Bertz CT molecular complexity index is 421. The summed E-state index contributed by atoms with van der Waals surface area (Å²) in [5, 5.41) is 3.24. The highest BCUT2D eigenvalue weighted by atomic mass is 15.2. The molecule has 0 aromatic heterocycles. The summed E-state index contributed by atoms with van der Waals surface area (Å²) in [6, 6.07) is 11.4. The minimum Gasteiger partial charge on any atom is -0.370 e. The normalized spacial score (nSPS) is 17.2. The Kier molecular flexibility index (Phi) is 5.41. The van der Waals surface area contributed by atoms with Gasteiger partial charge in [-0.2, -0.15) is 0 Å². The molecule has 1 unspecified atom stereocenters. The van der Waals surface area contributed by atoms with E-state index in [4.69, 9.17) is 5.73 Å². The van der Waals surface area contributed by atoms with Gasteiger partial charge in [0.1, 0.15) is 0 Å². The van der Waals surface area contributed by atoms with Crippen LogP contribution in [0.1, 0.15) is 38.3 Å². The van der Waals surface area contributed by atoms with E-state index in [0.29, 0.717) is 24.6 Å². The SMILES string of the molecule is CCN(CC)C(CN=C(N)NC1CC1)c1ccccc1. The van der Waals surface area contributed by atoms with Gasteiger partial charge in [0.2, 0.25) is 0 Å². The third-order valence-corrected chi connectivity index (χ3v) is 3.80. The van der Waals surface area contributed by atoms with E-state index >= 15 is 0 Å². The first kappa shape index (κ1) is 14.9. The Morgan fingerprint density at radius 3 is 2.50 bits per heavy atom. The Balaban J connectivity index is 2.05. The van der Waals surface area contributed by atoms with E-state index in [1.807, 2.05) is 0 Å². The zero-order valence-electron chi connectivity index (χ0n) is 12.5. The predicted octanol–water partition coefficient (Wildman–Crippen LogP) is 2.14. The number of benzene rings is 1. The summed E-state index contributed by atoms with van der Waals surface area (Å²) >= 11 is 0. The van der Waals surface area contributed by atoms with Crippen LogP contribution in [-0.2, 0) is 0 Å². The fourth-order valence-corrected chi connectivity index (χ4v) is 2.44. The molecule has 0 bridgehead atoms. The zero-order valence-corrected chi connectivity index (χ0v) is 12.5. The van der Waals surface area contributed by atoms with Crippen LogP contribution >= 0.6 is 0 Å². The molecular weight excluding hydrogens is 248 g/mol. The average Bonchev–Trinajstić information content (AvgIpc) is 3.28. The highest BCUT2D eigenvalue weighted by Crippen LogP contribution is 2.21. The first-order valence-electron chi connectivity index (χ1n) is 7.60. The van der Waals surface area contributed by atoms with Crippen LogP contribution in [0.3, 0.4) is 0 Å². The standard InChI is InChI=1S/C16H26N4/c1-3-20(4-2)15(13-8-6-5-7-9-13)12-18-16(17)19-14-10-11-14/h5-9,14-15H,3-4,10-12H2,1-2H3,(H3,17,18,19). The van der Waals surface area contributed by atoms with Gasteiger partial charge in [0.15, 0.2) is 5.96 Å². The lowest BCUT2D eigenvalue weighted by molar-refractivity contribution is 0.224. The summed E-state index contributed by atoms with van der Waals surface area (Å²) in [5.74, 6) is 0.584. The van der Waals surface area contributed by atoms with Gasteiger partial charge in [-0.05, 0) is 31.5 Å². The van der Waals surface area contributed by atoms with E-state index in [0.717, 1.165) is 13.1 Å². The monoisotopic (exact) mass is 274 g/mol. The van der Waals surface area contributed by atoms with Crippen LogP contribution in [0.15, 0.2) is 35.3 Å². The van der Waals surface area contributed by atoms with Gasteiger partial charge < -0.3 is 11.1 Å². The van der Waals surface area contributed by atoms with Gasteiger partial charge >= 0.3 is 0 Å². The van der Waals surface area contributed by atoms with Crippen molar-refractivity contribution in [2.75, 3.05) is 19.6 Å². The number of hydrogen-bond donors (Lipinski definition) is 2. The smallest absolute Gasteiger partial charge is 0.188 e. The number of rotatable bonds is 7. The fourth-order valence-electron chi connectivity index (χ4n) is 2.44. The Labute approximate surface area is 122 Å². The van der Waals surface area contributed by atoms with Gasteiger partial charge in [0.05, 0.1) is 12.6 Å². The van der Waals surface area contributed by atoms with Crippen molar-refractivity contribution in [1.29, 1.82) is 0 Å². The van der Waals surface area contributed by atoms with Gasteiger partial charge in [-0.3, -0.25) is 9.89 Å². The van der Waals surface area contributed by atoms with E-state index in [1.165, 1.54) is 18.4 Å². The van der Waals surface area contributed by atoms with Gasteiger partial charge in [0, 0.05) is 6.04 Å². The Morgan fingerprint density at radius 1 is 1.30 bits per heavy atom. The van der Waals surface area contributed by atoms with E-state index in [9.17, 15) is 0 Å². The maximum Gasteiger partial charge on any atom is 0.188 e. The van der Waals surface area contributed by atoms with Crippen LogP contribution in [0.2, 0.25) is 0 Å². The molecule has 1 aliphatic rings. The zero-order chi connectivity index (χ0) is 14.4. The van der Waals surface area contributed by atoms with Crippen LogP contribution in [-0.4, -0.2) is 36.5 Å². The molecule has 1 fully saturated rings. The Morgan fingerprint density at radius 2 is 1.95 bits per heavy atom. The van der Waals surface area contributed by atoms with Gasteiger partial charge in [-0.25, -0.2) is 0 Å². The van der Waals surface area contributed by atoms with Crippen LogP contribution in [0, 0.1) is 0 Å². The van der Waals surface area contributed by atoms with Crippen LogP contribution in [0.4, 0.5) is 0 Å². The molecule has 0 amide bonds. The lowest BCUT2D eigenvalue weighted by Crippen LogP contribution is -2.35. The number of aliphatic imine (C=N–C) groups is 1. The van der Waals surface area contributed by atoms with Crippen LogP contribution < -0.4 is 11.1 Å². The molecule has 2 rings (SSSR count). The number of hydrogen-bond acceptors (Lipinski definition) is 2. The maximum absolute atomic E-state index is 5.94. The van der Waals surface area contributed by atoms with Crippen molar-refractivity contribution in [3.8, 4) is 0 Å². The van der Waals surface area contributed by atoms with Crippen molar-refractivity contribution in [1.82, 2.24) is 10.2 Å². The fraction of sp³-hybridized carbons (Fsp3) is 0.562. The molecule has 1 aromatic carbocycles. The van der Waals surface area contributed by atoms with Crippen molar-refractivity contribution < 1.29 is 0 Å². The van der Waals surface area contributed by atoms with Crippen molar-refractivity contribution in [3.63, 3.8) is 0 Å². The third-order valence-electron chi connectivity index (χ3n) is 3.80. The van der Waals surface area contributed by atoms with E-state index in [-0.39, 0.29) is 0 Å². The summed E-state index contributed by atoms with van der Waals surface area (Å²) in [6.07, 6.45) is 2.43. The number of nitrogens with zero attached hydrogens (tertiary/aromatic N) is 2.